The Labute approximate surface area is 78.0 Å². The van der Waals surface area contributed by atoms with Gasteiger partial charge in [0.15, 0.2) is 0 Å². The summed E-state index contributed by atoms with van der Waals surface area (Å²) in [7, 11) is 0. The van der Waals surface area contributed by atoms with Gasteiger partial charge in [0.05, 0.1) is 10.9 Å². The lowest BCUT2D eigenvalue weighted by Gasteiger charge is -2.06. The molecule has 13 heavy (non-hydrogen) atoms. The van der Waals surface area contributed by atoms with Crippen molar-refractivity contribution in [3.8, 4) is 0 Å². The summed E-state index contributed by atoms with van der Waals surface area (Å²) >= 11 is 1.66. The quantitative estimate of drug-likeness (QED) is 0.564. The van der Waals surface area contributed by atoms with Crippen LogP contribution in [0.15, 0.2) is 15.8 Å². The van der Waals surface area contributed by atoms with Gasteiger partial charge in [-0.15, -0.1) is 11.8 Å². The van der Waals surface area contributed by atoms with Gasteiger partial charge < -0.3 is 10.3 Å². The van der Waals surface area contributed by atoms with Gasteiger partial charge in [-0.2, -0.15) is 0 Å². The van der Waals surface area contributed by atoms with Crippen LogP contribution in [0, 0.1) is 0 Å². The monoisotopic (exact) mass is 199 g/mol. The summed E-state index contributed by atoms with van der Waals surface area (Å²) < 4.78 is 0. The van der Waals surface area contributed by atoms with Gasteiger partial charge in [-0.05, 0) is 0 Å². The van der Waals surface area contributed by atoms with E-state index < -0.39 is 5.69 Å². The SMILES string of the molecule is O=c1[nH]cc(C2NCCS2)c(=O)[nH]1. The second kappa shape index (κ2) is 3.39. The van der Waals surface area contributed by atoms with Crippen molar-refractivity contribution in [3.05, 3.63) is 32.6 Å². The van der Waals surface area contributed by atoms with Crippen LogP contribution in [0.4, 0.5) is 0 Å². The van der Waals surface area contributed by atoms with E-state index in [-0.39, 0.29) is 10.9 Å². The Morgan fingerprint density at radius 1 is 1.46 bits per heavy atom. The Morgan fingerprint density at radius 2 is 2.31 bits per heavy atom. The third kappa shape index (κ3) is 1.68. The van der Waals surface area contributed by atoms with E-state index in [2.05, 4.69) is 15.3 Å². The molecule has 1 atom stereocenters. The molecule has 1 fully saturated rings. The molecule has 0 bridgehead atoms. The van der Waals surface area contributed by atoms with Crippen molar-refractivity contribution in [2.45, 2.75) is 5.37 Å². The standard InChI is InChI=1S/C7H9N3O2S/c11-5-4(3-9-7(12)10-5)6-8-1-2-13-6/h3,6,8H,1-2H2,(H2,9,10,11,12). The molecule has 5 nitrogen and oxygen atoms in total. The number of nitrogens with one attached hydrogen (secondary N) is 3. The van der Waals surface area contributed by atoms with Crippen molar-refractivity contribution in [1.29, 1.82) is 0 Å². The van der Waals surface area contributed by atoms with E-state index in [1.807, 2.05) is 0 Å². The third-order valence-electron chi connectivity index (χ3n) is 1.85. The van der Waals surface area contributed by atoms with Crippen LogP contribution < -0.4 is 16.6 Å². The van der Waals surface area contributed by atoms with Gasteiger partial charge in [-0.3, -0.25) is 9.78 Å². The molecule has 3 N–H and O–H groups in total. The van der Waals surface area contributed by atoms with Crippen molar-refractivity contribution in [2.24, 2.45) is 0 Å². The number of rotatable bonds is 1. The lowest BCUT2D eigenvalue weighted by Crippen LogP contribution is -2.28. The highest BCUT2D eigenvalue weighted by Crippen LogP contribution is 2.26. The van der Waals surface area contributed by atoms with Gasteiger partial charge in [0.2, 0.25) is 0 Å². The zero-order chi connectivity index (χ0) is 9.26. The molecule has 0 aromatic carbocycles. The smallest absolute Gasteiger partial charge is 0.314 e. The fourth-order valence-electron chi connectivity index (χ4n) is 1.24. The molecule has 6 heteroatoms. The maximum Gasteiger partial charge on any atom is 0.325 e. The van der Waals surface area contributed by atoms with Gasteiger partial charge in [-0.1, -0.05) is 0 Å². The molecule has 0 aliphatic carbocycles. The normalized spacial score (nSPS) is 22.0. The van der Waals surface area contributed by atoms with E-state index in [9.17, 15) is 9.59 Å². The minimum absolute atomic E-state index is 0.0144. The Morgan fingerprint density at radius 3 is 2.92 bits per heavy atom. The van der Waals surface area contributed by atoms with Crippen molar-refractivity contribution in [3.63, 3.8) is 0 Å². The van der Waals surface area contributed by atoms with Crippen LogP contribution >= 0.6 is 11.8 Å². The second-order valence-corrected chi connectivity index (χ2v) is 3.95. The molecule has 0 saturated carbocycles. The van der Waals surface area contributed by atoms with Gasteiger partial charge in [0, 0.05) is 18.5 Å². The van der Waals surface area contributed by atoms with Crippen molar-refractivity contribution in [1.82, 2.24) is 15.3 Å². The maximum absolute atomic E-state index is 11.3. The van der Waals surface area contributed by atoms with Crippen LogP contribution in [0.2, 0.25) is 0 Å². The molecule has 2 heterocycles. The van der Waals surface area contributed by atoms with Crippen LogP contribution in [0.3, 0.4) is 0 Å². The molecule has 0 radical (unpaired) electrons. The Bertz CT molecular complexity index is 405. The largest absolute Gasteiger partial charge is 0.325 e. The van der Waals surface area contributed by atoms with E-state index in [0.29, 0.717) is 5.56 Å². The summed E-state index contributed by atoms with van der Waals surface area (Å²) in [5, 5.41) is 3.17. The average molecular weight is 199 g/mol. The summed E-state index contributed by atoms with van der Waals surface area (Å²) in [5.41, 5.74) is -0.186. The minimum Gasteiger partial charge on any atom is -0.314 e. The summed E-state index contributed by atoms with van der Waals surface area (Å²) in [5.74, 6) is 0.989. The highest BCUT2D eigenvalue weighted by Gasteiger charge is 2.19. The van der Waals surface area contributed by atoms with E-state index >= 15 is 0 Å². The third-order valence-corrected chi connectivity index (χ3v) is 3.04. The van der Waals surface area contributed by atoms with Crippen molar-refractivity contribution < 1.29 is 0 Å². The first kappa shape index (κ1) is 8.58. The van der Waals surface area contributed by atoms with Gasteiger partial charge in [0.25, 0.3) is 5.56 Å². The fraction of sp³-hybridized carbons (Fsp3) is 0.429. The molecule has 70 valence electrons. The number of hydrogen-bond donors (Lipinski definition) is 3. The zero-order valence-corrected chi connectivity index (χ0v) is 7.61. The van der Waals surface area contributed by atoms with Crippen molar-refractivity contribution in [2.75, 3.05) is 12.3 Å². The molecule has 1 aromatic rings. The van der Waals surface area contributed by atoms with E-state index in [1.165, 1.54) is 6.20 Å². The lowest BCUT2D eigenvalue weighted by molar-refractivity contribution is 0.735. The minimum atomic E-state index is -0.461. The van der Waals surface area contributed by atoms with Crippen LogP contribution in [0.1, 0.15) is 10.9 Å². The average Bonchev–Trinajstić information content (AvgIpc) is 2.56. The van der Waals surface area contributed by atoms with Crippen LogP contribution in [-0.4, -0.2) is 22.3 Å². The predicted octanol–water partition coefficient (Wildman–Crippen LogP) is -0.602. The molecule has 1 aromatic heterocycles. The van der Waals surface area contributed by atoms with E-state index in [1.54, 1.807) is 11.8 Å². The fourth-order valence-corrected chi connectivity index (χ4v) is 2.30. The summed E-state index contributed by atoms with van der Waals surface area (Å²) in [6.07, 6.45) is 1.47. The summed E-state index contributed by atoms with van der Waals surface area (Å²) in [4.78, 5) is 26.7. The maximum atomic E-state index is 11.3. The van der Waals surface area contributed by atoms with Gasteiger partial charge in [0.1, 0.15) is 0 Å². The molecule has 0 spiro atoms. The first-order valence-corrected chi connectivity index (χ1v) is 4.99. The summed E-state index contributed by atoms with van der Waals surface area (Å²) in [6, 6.07) is 0. The Hall–Kier alpha value is -1.01. The Balaban J connectivity index is 2.40. The lowest BCUT2D eigenvalue weighted by atomic mass is 10.3. The predicted molar refractivity (Wildman–Crippen MR) is 50.9 cm³/mol. The molecule has 1 aliphatic heterocycles. The zero-order valence-electron chi connectivity index (χ0n) is 6.79. The number of aromatic nitrogens is 2. The molecule has 0 amide bonds. The first-order chi connectivity index (χ1) is 6.27. The van der Waals surface area contributed by atoms with Gasteiger partial charge >= 0.3 is 5.69 Å². The van der Waals surface area contributed by atoms with E-state index in [0.717, 1.165) is 12.3 Å². The van der Waals surface area contributed by atoms with Crippen molar-refractivity contribution >= 4 is 11.8 Å². The Kier molecular flexibility index (Phi) is 2.24. The number of aromatic amines is 2. The molecule has 2 rings (SSSR count). The number of hydrogen-bond acceptors (Lipinski definition) is 4. The van der Waals surface area contributed by atoms with Crippen LogP contribution in [0.5, 0.6) is 0 Å². The van der Waals surface area contributed by atoms with E-state index in [4.69, 9.17) is 0 Å². The van der Waals surface area contributed by atoms with Gasteiger partial charge in [-0.25, -0.2) is 4.79 Å². The second-order valence-electron chi connectivity index (χ2n) is 2.73. The molecule has 1 unspecified atom stereocenters. The molecule has 1 saturated heterocycles. The van der Waals surface area contributed by atoms with Crippen LogP contribution in [0.25, 0.3) is 0 Å². The highest BCUT2D eigenvalue weighted by molar-refractivity contribution is 7.99. The highest BCUT2D eigenvalue weighted by atomic mass is 32.2. The molecular formula is C7H9N3O2S. The van der Waals surface area contributed by atoms with Crippen LogP contribution in [-0.2, 0) is 0 Å². The first-order valence-electron chi connectivity index (χ1n) is 3.94. The number of H-pyrrole nitrogens is 2. The molecular weight excluding hydrogens is 190 g/mol. The topological polar surface area (TPSA) is 77.8 Å². The number of thioether (sulfide) groups is 1. The summed E-state index contributed by atoms with van der Waals surface area (Å²) in [6.45, 7) is 0.897. The molecule has 1 aliphatic rings.